The lowest BCUT2D eigenvalue weighted by atomic mass is 9.98. The topological polar surface area (TPSA) is 108 Å². The zero-order valence-electron chi connectivity index (χ0n) is 15.2. The molecule has 146 valence electrons. The number of benzene rings is 1. The van der Waals surface area contributed by atoms with E-state index in [1.165, 1.54) is 31.4 Å². The Balaban J connectivity index is 2.13. The third-order valence-electron chi connectivity index (χ3n) is 4.03. The lowest BCUT2D eigenvalue weighted by Crippen LogP contribution is -2.53. The molecule has 2 rings (SSSR count). The second-order valence-electron chi connectivity index (χ2n) is 6.64. The van der Waals surface area contributed by atoms with Crippen LogP contribution in [0.15, 0.2) is 29.4 Å². The molecule has 1 aromatic carbocycles. The van der Waals surface area contributed by atoms with Gasteiger partial charge < -0.3 is 15.2 Å². The highest BCUT2D eigenvalue weighted by atomic mass is 19.1. The van der Waals surface area contributed by atoms with Crippen LogP contribution in [0.25, 0.3) is 0 Å². The third kappa shape index (κ3) is 5.85. The molecule has 0 bridgehead atoms. The lowest BCUT2D eigenvalue weighted by Gasteiger charge is -2.30. The largest absolute Gasteiger partial charge is 0.481 e. The molecule has 1 unspecified atom stereocenters. The Hall–Kier alpha value is -2.81. The highest BCUT2D eigenvalue weighted by molar-refractivity contribution is 6.39. The van der Waals surface area contributed by atoms with Crippen LogP contribution in [0.2, 0.25) is 0 Å². The summed E-state index contributed by atoms with van der Waals surface area (Å²) >= 11 is 0. The highest BCUT2D eigenvalue weighted by Gasteiger charge is 2.33. The van der Waals surface area contributed by atoms with E-state index in [0.29, 0.717) is 5.56 Å². The highest BCUT2D eigenvalue weighted by Crippen LogP contribution is 2.16. The zero-order valence-corrected chi connectivity index (χ0v) is 15.2. The first-order valence-corrected chi connectivity index (χ1v) is 8.38. The molecule has 0 aliphatic carbocycles. The van der Waals surface area contributed by atoms with Crippen LogP contribution < -0.4 is 5.32 Å². The summed E-state index contributed by atoms with van der Waals surface area (Å²) in [4.78, 5) is 35.7. The van der Waals surface area contributed by atoms with E-state index in [1.807, 2.05) is 0 Å². The second-order valence-corrected chi connectivity index (χ2v) is 6.64. The molecule has 0 aromatic heterocycles. The Morgan fingerprint density at radius 2 is 2.00 bits per heavy atom. The van der Waals surface area contributed by atoms with Crippen molar-refractivity contribution >= 4 is 23.5 Å². The second kappa shape index (κ2) is 8.72. The van der Waals surface area contributed by atoms with Gasteiger partial charge in [0.1, 0.15) is 11.5 Å². The summed E-state index contributed by atoms with van der Waals surface area (Å²) in [5.74, 6) is -2.26. The van der Waals surface area contributed by atoms with E-state index in [2.05, 4.69) is 10.4 Å². The van der Waals surface area contributed by atoms with Crippen molar-refractivity contribution in [1.29, 1.82) is 0 Å². The summed E-state index contributed by atoms with van der Waals surface area (Å²) in [6.45, 7) is 1.68. The quantitative estimate of drug-likeness (QED) is 0.708. The van der Waals surface area contributed by atoms with Gasteiger partial charge in [-0.25, -0.2) is 9.40 Å². The fraction of sp³-hybridized carbons (Fsp3) is 0.444. The number of rotatable bonds is 8. The van der Waals surface area contributed by atoms with E-state index >= 15 is 0 Å². The van der Waals surface area contributed by atoms with Gasteiger partial charge in [-0.15, -0.1) is 0 Å². The Morgan fingerprint density at radius 3 is 2.59 bits per heavy atom. The molecule has 1 aliphatic heterocycles. The van der Waals surface area contributed by atoms with Gasteiger partial charge in [-0.2, -0.15) is 5.10 Å². The van der Waals surface area contributed by atoms with E-state index in [1.54, 1.807) is 6.92 Å². The predicted octanol–water partition coefficient (Wildman–Crippen LogP) is 1.30. The molecule has 0 radical (unpaired) electrons. The molecule has 1 atom stereocenters. The summed E-state index contributed by atoms with van der Waals surface area (Å²) in [5.41, 5.74) is -0.307. The van der Waals surface area contributed by atoms with E-state index in [9.17, 15) is 18.8 Å². The van der Waals surface area contributed by atoms with Crippen molar-refractivity contribution in [2.24, 2.45) is 5.10 Å². The SMILES string of the molecule is COCC(C)(CC(=O)O)NC(=O)C1=NN(Cc2ccc(F)cc2)C(=O)CC1. The van der Waals surface area contributed by atoms with Crippen LogP contribution in [0.3, 0.4) is 0 Å². The average Bonchev–Trinajstić information content (AvgIpc) is 2.58. The van der Waals surface area contributed by atoms with Crippen LogP contribution >= 0.6 is 0 Å². The first-order valence-electron chi connectivity index (χ1n) is 8.38. The summed E-state index contributed by atoms with van der Waals surface area (Å²) in [6.07, 6.45) is -0.0633. The first-order chi connectivity index (χ1) is 12.7. The fourth-order valence-electron chi connectivity index (χ4n) is 2.78. The van der Waals surface area contributed by atoms with Crippen LogP contribution in [0, 0.1) is 5.82 Å². The number of methoxy groups -OCH3 is 1. The standard InChI is InChI=1S/C18H22FN3O5/c1-18(11-27-2,9-16(24)25)20-17(26)14-7-8-15(23)22(21-14)10-12-3-5-13(19)6-4-12/h3-6H,7-11H2,1-2H3,(H,20,26)(H,24,25). The number of hydrogen-bond donors (Lipinski definition) is 2. The molecule has 1 aromatic rings. The third-order valence-corrected chi connectivity index (χ3v) is 4.03. The van der Waals surface area contributed by atoms with Crippen molar-refractivity contribution in [3.63, 3.8) is 0 Å². The van der Waals surface area contributed by atoms with Crippen molar-refractivity contribution in [2.45, 2.75) is 38.3 Å². The summed E-state index contributed by atoms with van der Waals surface area (Å²) in [6, 6.07) is 5.64. The number of carbonyl (C=O) groups is 3. The van der Waals surface area contributed by atoms with Crippen LogP contribution in [0.1, 0.15) is 31.7 Å². The van der Waals surface area contributed by atoms with Crippen LogP contribution in [-0.4, -0.2) is 52.9 Å². The van der Waals surface area contributed by atoms with Gasteiger partial charge in [0.05, 0.1) is 25.1 Å². The summed E-state index contributed by atoms with van der Waals surface area (Å²) in [7, 11) is 1.41. The Morgan fingerprint density at radius 1 is 1.33 bits per heavy atom. The van der Waals surface area contributed by atoms with E-state index in [-0.39, 0.29) is 49.9 Å². The molecule has 2 N–H and O–H groups in total. The number of aliphatic carboxylic acids is 1. The first kappa shape index (κ1) is 20.5. The van der Waals surface area contributed by atoms with Crippen molar-refractivity contribution in [2.75, 3.05) is 13.7 Å². The minimum absolute atomic E-state index is 0.0105. The number of hydrogen-bond acceptors (Lipinski definition) is 5. The molecule has 9 heteroatoms. The maximum Gasteiger partial charge on any atom is 0.305 e. The van der Waals surface area contributed by atoms with Gasteiger partial charge in [-0.1, -0.05) is 12.1 Å². The number of carbonyl (C=O) groups excluding carboxylic acids is 2. The summed E-state index contributed by atoms with van der Waals surface area (Å²) < 4.78 is 18.0. The van der Waals surface area contributed by atoms with Crippen molar-refractivity contribution in [1.82, 2.24) is 10.3 Å². The number of carboxylic acid groups (broad SMARTS) is 1. The van der Waals surface area contributed by atoms with Gasteiger partial charge >= 0.3 is 5.97 Å². The molecule has 2 amide bonds. The van der Waals surface area contributed by atoms with E-state index in [0.717, 1.165) is 5.01 Å². The van der Waals surface area contributed by atoms with Gasteiger partial charge in [-0.3, -0.25) is 14.4 Å². The van der Waals surface area contributed by atoms with Gasteiger partial charge in [0, 0.05) is 20.0 Å². The monoisotopic (exact) mass is 379 g/mol. The predicted molar refractivity (Wildman–Crippen MR) is 94.3 cm³/mol. The molecule has 0 saturated carbocycles. The van der Waals surface area contributed by atoms with Crippen LogP contribution in [0.4, 0.5) is 4.39 Å². The van der Waals surface area contributed by atoms with Crippen LogP contribution in [0.5, 0.6) is 0 Å². The molecule has 1 aliphatic rings. The van der Waals surface area contributed by atoms with E-state index < -0.39 is 17.4 Å². The minimum Gasteiger partial charge on any atom is -0.481 e. The molecule has 0 spiro atoms. The van der Waals surface area contributed by atoms with Crippen molar-refractivity contribution < 1.29 is 28.6 Å². The van der Waals surface area contributed by atoms with Crippen LogP contribution in [-0.2, 0) is 25.7 Å². The maximum atomic E-state index is 13.0. The number of halogens is 1. The number of carboxylic acids is 1. The maximum absolute atomic E-state index is 13.0. The molecular weight excluding hydrogens is 357 g/mol. The average molecular weight is 379 g/mol. The Labute approximate surface area is 156 Å². The van der Waals surface area contributed by atoms with Crippen molar-refractivity contribution in [3.05, 3.63) is 35.6 Å². The van der Waals surface area contributed by atoms with Gasteiger partial charge in [0.15, 0.2) is 0 Å². The minimum atomic E-state index is -1.11. The zero-order chi connectivity index (χ0) is 20.0. The van der Waals surface area contributed by atoms with Gasteiger partial charge in [-0.05, 0) is 24.6 Å². The molecule has 27 heavy (non-hydrogen) atoms. The number of nitrogens with one attached hydrogen (secondary N) is 1. The molecular formula is C18H22FN3O5. The van der Waals surface area contributed by atoms with E-state index in [4.69, 9.17) is 9.84 Å². The molecule has 1 heterocycles. The normalized spacial score (nSPS) is 16.5. The smallest absolute Gasteiger partial charge is 0.305 e. The number of nitrogens with zero attached hydrogens (tertiary/aromatic N) is 2. The Bertz CT molecular complexity index is 750. The van der Waals surface area contributed by atoms with Gasteiger partial charge in [0.25, 0.3) is 5.91 Å². The Kier molecular flexibility index (Phi) is 6.62. The number of ether oxygens (including phenoxy) is 1. The number of hydrazone groups is 1. The molecule has 0 saturated heterocycles. The fourth-order valence-corrected chi connectivity index (χ4v) is 2.78. The lowest BCUT2D eigenvalue weighted by molar-refractivity contribution is -0.139. The molecule has 8 nitrogen and oxygen atoms in total. The van der Waals surface area contributed by atoms with Gasteiger partial charge in [0.2, 0.25) is 5.91 Å². The number of amides is 2. The van der Waals surface area contributed by atoms with Crippen molar-refractivity contribution in [3.8, 4) is 0 Å². The summed E-state index contributed by atoms with van der Waals surface area (Å²) in [5, 5.41) is 17.0. The molecule has 0 fully saturated rings.